The topological polar surface area (TPSA) is 21.3 Å². The average molecular weight is 335 g/mol. The van der Waals surface area contributed by atoms with Crippen molar-refractivity contribution in [3.63, 3.8) is 0 Å². The molecule has 1 aromatic carbocycles. The number of benzene rings is 1. The molecular weight excluding hydrogens is 314 g/mol. The van der Waals surface area contributed by atoms with Crippen molar-refractivity contribution in [3.05, 3.63) is 33.3 Å². The largest absolute Gasteiger partial charge is 0.374 e. The van der Waals surface area contributed by atoms with Gasteiger partial charge in [-0.05, 0) is 51.9 Å². The Morgan fingerprint density at radius 1 is 1.39 bits per heavy atom. The second-order valence-electron chi connectivity index (χ2n) is 5.35. The van der Waals surface area contributed by atoms with Crippen LogP contribution in [0.5, 0.6) is 0 Å². The Morgan fingerprint density at radius 3 is 2.56 bits per heavy atom. The molecule has 0 aliphatic carbocycles. The fraction of sp³-hybridized carbons (Fsp3) is 0.571. The van der Waals surface area contributed by atoms with Gasteiger partial charge in [0.25, 0.3) is 0 Å². The standard InChI is InChI=1S/C14H21BrClNO/c1-14(2,3)18-9-12(17-4)7-10-5-6-11(15)8-13(10)16/h5-6,8,12,17H,7,9H2,1-4H3. The molecule has 0 radical (unpaired) electrons. The number of ether oxygens (including phenoxy) is 1. The monoisotopic (exact) mass is 333 g/mol. The van der Waals surface area contributed by atoms with Crippen LogP contribution in [0.25, 0.3) is 0 Å². The molecule has 1 aromatic rings. The van der Waals surface area contributed by atoms with Crippen molar-refractivity contribution in [2.24, 2.45) is 0 Å². The fourth-order valence-electron chi connectivity index (χ4n) is 1.55. The number of halogens is 2. The molecule has 0 saturated carbocycles. The van der Waals surface area contributed by atoms with Crippen molar-refractivity contribution in [3.8, 4) is 0 Å². The van der Waals surface area contributed by atoms with E-state index in [9.17, 15) is 0 Å². The van der Waals surface area contributed by atoms with Gasteiger partial charge in [0.2, 0.25) is 0 Å². The summed E-state index contributed by atoms with van der Waals surface area (Å²) in [6.45, 7) is 6.86. The van der Waals surface area contributed by atoms with Crippen LogP contribution in [0.4, 0.5) is 0 Å². The molecule has 1 atom stereocenters. The predicted molar refractivity (Wildman–Crippen MR) is 81.4 cm³/mol. The summed E-state index contributed by atoms with van der Waals surface area (Å²) in [5.74, 6) is 0. The maximum Gasteiger partial charge on any atom is 0.0629 e. The van der Waals surface area contributed by atoms with Crippen molar-refractivity contribution in [2.45, 2.75) is 38.8 Å². The van der Waals surface area contributed by atoms with Gasteiger partial charge in [0.15, 0.2) is 0 Å². The van der Waals surface area contributed by atoms with E-state index >= 15 is 0 Å². The Hall–Kier alpha value is -0.0900. The highest BCUT2D eigenvalue weighted by molar-refractivity contribution is 9.10. The summed E-state index contributed by atoms with van der Waals surface area (Å²) in [4.78, 5) is 0. The highest BCUT2D eigenvalue weighted by Gasteiger charge is 2.15. The van der Waals surface area contributed by atoms with E-state index in [0.29, 0.717) is 6.61 Å². The van der Waals surface area contributed by atoms with E-state index in [1.54, 1.807) is 0 Å². The summed E-state index contributed by atoms with van der Waals surface area (Å²) < 4.78 is 6.81. The van der Waals surface area contributed by atoms with E-state index in [1.807, 2.05) is 25.2 Å². The minimum Gasteiger partial charge on any atom is -0.374 e. The first-order valence-corrected chi connectivity index (χ1v) is 7.24. The minimum atomic E-state index is -0.112. The van der Waals surface area contributed by atoms with Crippen molar-refractivity contribution < 1.29 is 4.74 Å². The Balaban J connectivity index is 2.62. The third-order valence-electron chi connectivity index (χ3n) is 2.61. The van der Waals surface area contributed by atoms with Crippen LogP contribution in [0.3, 0.4) is 0 Å². The van der Waals surface area contributed by atoms with Gasteiger partial charge in [-0.2, -0.15) is 0 Å². The molecule has 0 aliphatic rings. The molecule has 1 unspecified atom stereocenters. The van der Waals surface area contributed by atoms with E-state index in [0.717, 1.165) is 21.5 Å². The van der Waals surface area contributed by atoms with Gasteiger partial charge in [-0.15, -0.1) is 0 Å². The van der Waals surface area contributed by atoms with Gasteiger partial charge in [0.05, 0.1) is 12.2 Å². The van der Waals surface area contributed by atoms with Gasteiger partial charge in [-0.3, -0.25) is 0 Å². The second-order valence-corrected chi connectivity index (χ2v) is 6.67. The molecule has 0 aromatic heterocycles. The van der Waals surface area contributed by atoms with E-state index in [4.69, 9.17) is 16.3 Å². The van der Waals surface area contributed by atoms with Crippen LogP contribution >= 0.6 is 27.5 Å². The van der Waals surface area contributed by atoms with Crippen LogP contribution in [-0.4, -0.2) is 25.3 Å². The molecule has 0 amide bonds. The lowest BCUT2D eigenvalue weighted by Gasteiger charge is -2.24. The molecule has 0 heterocycles. The van der Waals surface area contributed by atoms with Gasteiger partial charge in [0, 0.05) is 15.5 Å². The maximum absolute atomic E-state index is 6.22. The summed E-state index contributed by atoms with van der Waals surface area (Å²) >= 11 is 9.63. The maximum atomic E-state index is 6.22. The molecule has 0 fully saturated rings. The number of rotatable bonds is 5. The Bertz CT molecular complexity index is 390. The van der Waals surface area contributed by atoms with Gasteiger partial charge < -0.3 is 10.1 Å². The third kappa shape index (κ3) is 5.70. The molecule has 2 nitrogen and oxygen atoms in total. The van der Waals surface area contributed by atoms with Crippen LogP contribution in [-0.2, 0) is 11.2 Å². The van der Waals surface area contributed by atoms with E-state index < -0.39 is 0 Å². The zero-order valence-corrected chi connectivity index (χ0v) is 13.7. The highest BCUT2D eigenvalue weighted by atomic mass is 79.9. The first kappa shape index (κ1) is 16.0. The Morgan fingerprint density at radius 2 is 2.06 bits per heavy atom. The summed E-state index contributed by atoms with van der Waals surface area (Å²) in [5.41, 5.74) is 1.02. The smallest absolute Gasteiger partial charge is 0.0629 e. The van der Waals surface area contributed by atoms with Crippen LogP contribution in [0.2, 0.25) is 5.02 Å². The fourth-order valence-corrected chi connectivity index (χ4v) is 2.30. The lowest BCUT2D eigenvalue weighted by Crippen LogP contribution is -2.36. The first-order valence-electron chi connectivity index (χ1n) is 6.07. The first-order chi connectivity index (χ1) is 8.31. The van der Waals surface area contributed by atoms with Crippen LogP contribution < -0.4 is 5.32 Å². The minimum absolute atomic E-state index is 0.112. The number of hydrogen-bond acceptors (Lipinski definition) is 2. The van der Waals surface area contributed by atoms with Gasteiger partial charge >= 0.3 is 0 Å². The molecule has 102 valence electrons. The summed E-state index contributed by atoms with van der Waals surface area (Å²) in [6, 6.07) is 6.25. The van der Waals surface area contributed by atoms with E-state index in [-0.39, 0.29) is 11.6 Å². The SMILES string of the molecule is CNC(COC(C)(C)C)Cc1ccc(Br)cc1Cl. The normalized spacial score (nSPS) is 13.7. The van der Waals surface area contributed by atoms with E-state index in [2.05, 4.69) is 42.0 Å². The molecule has 0 saturated heterocycles. The lowest BCUT2D eigenvalue weighted by molar-refractivity contribution is -0.0134. The van der Waals surface area contributed by atoms with Crippen LogP contribution in [0.1, 0.15) is 26.3 Å². The third-order valence-corrected chi connectivity index (χ3v) is 3.45. The molecule has 4 heteroatoms. The number of hydrogen-bond donors (Lipinski definition) is 1. The molecule has 1 N–H and O–H groups in total. The van der Waals surface area contributed by atoms with Crippen LogP contribution in [0.15, 0.2) is 22.7 Å². The zero-order chi connectivity index (χ0) is 13.8. The second kappa shape index (κ2) is 6.90. The van der Waals surface area contributed by atoms with E-state index in [1.165, 1.54) is 0 Å². The van der Waals surface area contributed by atoms with Crippen molar-refractivity contribution in [1.82, 2.24) is 5.32 Å². The molecule has 0 aliphatic heterocycles. The molecule has 18 heavy (non-hydrogen) atoms. The van der Waals surface area contributed by atoms with Crippen molar-refractivity contribution in [1.29, 1.82) is 0 Å². The van der Waals surface area contributed by atoms with Gasteiger partial charge in [-0.25, -0.2) is 0 Å². The van der Waals surface area contributed by atoms with Crippen LogP contribution in [0, 0.1) is 0 Å². The quantitative estimate of drug-likeness (QED) is 0.877. The number of nitrogens with one attached hydrogen (secondary N) is 1. The average Bonchev–Trinajstić information content (AvgIpc) is 2.25. The summed E-state index contributed by atoms with van der Waals surface area (Å²) in [5, 5.41) is 4.06. The zero-order valence-electron chi connectivity index (χ0n) is 11.4. The molecule has 0 bridgehead atoms. The van der Waals surface area contributed by atoms with Gasteiger partial charge in [-0.1, -0.05) is 33.6 Å². The van der Waals surface area contributed by atoms with Gasteiger partial charge in [0.1, 0.15) is 0 Å². The molecule has 1 rings (SSSR count). The van der Waals surface area contributed by atoms with Crippen molar-refractivity contribution in [2.75, 3.05) is 13.7 Å². The highest BCUT2D eigenvalue weighted by Crippen LogP contribution is 2.22. The summed E-state index contributed by atoms with van der Waals surface area (Å²) in [6.07, 6.45) is 0.860. The molecule has 0 spiro atoms. The molecular formula is C14H21BrClNO. The predicted octanol–water partition coefficient (Wildman–Crippen LogP) is 4.05. The Kier molecular flexibility index (Phi) is 6.12. The summed E-state index contributed by atoms with van der Waals surface area (Å²) in [7, 11) is 1.95. The van der Waals surface area contributed by atoms with Crippen molar-refractivity contribution >= 4 is 27.5 Å². The lowest BCUT2D eigenvalue weighted by atomic mass is 10.1. The number of likely N-dealkylation sites (N-methyl/N-ethyl adjacent to an activating group) is 1. The Labute approximate surface area is 123 Å².